The number of aromatic nitrogens is 2. The van der Waals surface area contributed by atoms with Crippen molar-refractivity contribution in [3.05, 3.63) is 52.5 Å². The molecule has 0 saturated heterocycles. The van der Waals surface area contributed by atoms with Crippen molar-refractivity contribution in [2.45, 2.75) is 26.4 Å². The number of halogens is 1. The fourth-order valence-electron chi connectivity index (χ4n) is 1.90. The minimum Gasteiger partial charge on any atom is -0.346 e. The van der Waals surface area contributed by atoms with Crippen molar-refractivity contribution in [3.63, 3.8) is 0 Å². The predicted octanol–water partition coefficient (Wildman–Crippen LogP) is 3.19. The molecule has 0 bridgehead atoms. The maximum Gasteiger partial charge on any atom is 0.0489 e. The van der Waals surface area contributed by atoms with E-state index in [1.807, 2.05) is 12.4 Å². The van der Waals surface area contributed by atoms with Crippen LogP contribution in [0.15, 0.2) is 41.3 Å². The molecule has 0 aliphatic heterocycles. The number of pyridine rings is 1. The first-order chi connectivity index (χ1) is 8.79. The average Bonchev–Trinajstić information content (AvgIpc) is 2.77. The van der Waals surface area contributed by atoms with Gasteiger partial charge in [0.1, 0.15) is 0 Å². The molecule has 3 nitrogen and oxygen atoms in total. The van der Waals surface area contributed by atoms with Crippen molar-refractivity contribution < 1.29 is 0 Å². The van der Waals surface area contributed by atoms with Gasteiger partial charge in [0.2, 0.25) is 0 Å². The van der Waals surface area contributed by atoms with Gasteiger partial charge in [0, 0.05) is 41.8 Å². The largest absolute Gasteiger partial charge is 0.346 e. The molecule has 0 aliphatic carbocycles. The Kier molecular flexibility index (Phi) is 4.96. The third-order valence-electron chi connectivity index (χ3n) is 2.77. The molecule has 96 valence electrons. The molecule has 0 amide bonds. The smallest absolute Gasteiger partial charge is 0.0489 e. The highest BCUT2D eigenvalue weighted by atomic mass is 79.9. The summed E-state index contributed by atoms with van der Waals surface area (Å²) in [6, 6.07) is 6.36. The van der Waals surface area contributed by atoms with Crippen LogP contribution >= 0.6 is 15.9 Å². The summed E-state index contributed by atoms with van der Waals surface area (Å²) in [4.78, 5) is 4.19. The zero-order chi connectivity index (χ0) is 12.8. The molecular formula is C14H18BrN3. The van der Waals surface area contributed by atoms with Gasteiger partial charge in [-0.15, -0.1) is 0 Å². The number of nitrogens with zero attached hydrogens (tertiary/aromatic N) is 2. The quantitative estimate of drug-likeness (QED) is 0.831. The van der Waals surface area contributed by atoms with E-state index in [0.29, 0.717) is 0 Å². The topological polar surface area (TPSA) is 29.9 Å². The SMILES string of the molecule is CCCNCc1cccn1Cc1cncc(Br)c1. The normalized spacial score (nSPS) is 10.8. The lowest BCUT2D eigenvalue weighted by Crippen LogP contribution is -2.17. The molecule has 0 saturated carbocycles. The van der Waals surface area contributed by atoms with Gasteiger partial charge in [-0.25, -0.2) is 0 Å². The first-order valence-corrected chi connectivity index (χ1v) is 7.03. The van der Waals surface area contributed by atoms with Crippen LogP contribution in [-0.2, 0) is 13.1 Å². The highest BCUT2D eigenvalue weighted by molar-refractivity contribution is 9.10. The van der Waals surface area contributed by atoms with Gasteiger partial charge in [0.05, 0.1) is 0 Å². The van der Waals surface area contributed by atoms with Crippen molar-refractivity contribution in [1.29, 1.82) is 0 Å². The van der Waals surface area contributed by atoms with Crippen molar-refractivity contribution in [2.75, 3.05) is 6.54 Å². The molecule has 2 aromatic heterocycles. The zero-order valence-electron chi connectivity index (χ0n) is 10.6. The molecule has 0 atom stereocenters. The Morgan fingerprint density at radius 3 is 3.06 bits per heavy atom. The molecule has 2 heterocycles. The van der Waals surface area contributed by atoms with Gasteiger partial charge in [-0.2, -0.15) is 0 Å². The summed E-state index contributed by atoms with van der Waals surface area (Å²) in [6.45, 7) is 5.02. The van der Waals surface area contributed by atoms with E-state index < -0.39 is 0 Å². The van der Waals surface area contributed by atoms with Gasteiger partial charge in [0.25, 0.3) is 0 Å². The molecule has 18 heavy (non-hydrogen) atoms. The van der Waals surface area contributed by atoms with Gasteiger partial charge >= 0.3 is 0 Å². The summed E-state index contributed by atoms with van der Waals surface area (Å²) < 4.78 is 3.28. The van der Waals surface area contributed by atoms with Crippen LogP contribution in [-0.4, -0.2) is 16.1 Å². The van der Waals surface area contributed by atoms with Crippen molar-refractivity contribution in [2.24, 2.45) is 0 Å². The van der Waals surface area contributed by atoms with Gasteiger partial charge in [-0.1, -0.05) is 6.92 Å². The summed E-state index contributed by atoms with van der Waals surface area (Å²) in [6.07, 6.45) is 7.00. The second-order valence-electron chi connectivity index (χ2n) is 4.32. The number of nitrogens with one attached hydrogen (secondary N) is 1. The van der Waals surface area contributed by atoms with Crippen LogP contribution in [0.5, 0.6) is 0 Å². The van der Waals surface area contributed by atoms with E-state index in [1.165, 1.54) is 11.3 Å². The van der Waals surface area contributed by atoms with E-state index in [-0.39, 0.29) is 0 Å². The Morgan fingerprint density at radius 2 is 2.28 bits per heavy atom. The number of hydrogen-bond acceptors (Lipinski definition) is 2. The van der Waals surface area contributed by atoms with Crippen LogP contribution in [0.4, 0.5) is 0 Å². The van der Waals surface area contributed by atoms with Crippen molar-refractivity contribution in [1.82, 2.24) is 14.9 Å². The van der Waals surface area contributed by atoms with Gasteiger partial charge in [-0.05, 0) is 52.7 Å². The standard InChI is InChI=1S/C14H18BrN3/c1-2-5-16-10-14-4-3-6-18(14)11-12-7-13(15)9-17-8-12/h3-4,6-9,16H,2,5,10-11H2,1H3. The van der Waals surface area contributed by atoms with Crippen LogP contribution in [0, 0.1) is 0 Å². The molecule has 0 unspecified atom stereocenters. The Labute approximate surface area is 116 Å². The lowest BCUT2D eigenvalue weighted by atomic mass is 10.3. The fourth-order valence-corrected chi connectivity index (χ4v) is 2.31. The van der Waals surface area contributed by atoms with Crippen LogP contribution in [0.25, 0.3) is 0 Å². The van der Waals surface area contributed by atoms with E-state index >= 15 is 0 Å². The third-order valence-corrected chi connectivity index (χ3v) is 3.20. The molecule has 0 aromatic carbocycles. The second-order valence-corrected chi connectivity index (χ2v) is 5.23. The van der Waals surface area contributed by atoms with Crippen LogP contribution in [0.2, 0.25) is 0 Å². The molecule has 0 spiro atoms. The number of rotatable bonds is 6. The Balaban J connectivity index is 2.03. The molecular weight excluding hydrogens is 290 g/mol. The van der Waals surface area contributed by atoms with Gasteiger partial charge in [0.15, 0.2) is 0 Å². The highest BCUT2D eigenvalue weighted by Gasteiger charge is 2.02. The molecule has 2 rings (SSSR count). The average molecular weight is 308 g/mol. The van der Waals surface area contributed by atoms with E-state index in [2.05, 4.69) is 62.1 Å². The highest BCUT2D eigenvalue weighted by Crippen LogP contribution is 2.12. The summed E-state index contributed by atoms with van der Waals surface area (Å²) in [5.74, 6) is 0. The lowest BCUT2D eigenvalue weighted by Gasteiger charge is -2.10. The van der Waals surface area contributed by atoms with Crippen LogP contribution in [0.1, 0.15) is 24.6 Å². The van der Waals surface area contributed by atoms with E-state index in [0.717, 1.165) is 30.5 Å². The van der Waals surface area contributed by atoms with Gasteiger partial charge in [-0.3, -0.25) is 4.98 Å². The Bertz CT molecular complexity index is 493. The Morgan fingerprint density at radius 1 is 1.39 bits per heavy atom. The maximum absolute atomic E-state index is 4.19. The third kappa shape index (κ3) is 3.68. The summed E-state index contributed by atoms with van der Waals surface area (Å²) >= 11 is 3.45. The molecule has 0 radical (unpaired) electrons. The first-order valence-electron chi connectivity index (χ1n) is 6.23. The zero-order valence-corrected chi connectivity index (χ0v) is 12.2. The van der Waals surface area contributed by atoms with Gasteiger partial charge < -0.3 is 9.88 Å². The summed E-state index contributed by atoms with van der Waals surface area (Å²) in [7, 11) is 0. The fraction of sp³-hybridized carbons (Fsp3) is 0.357. The first kappa shape index (κ1) is 13.3. The lowest BCUT2D eigenvalue weighted by molar-refractivity contribution is 0.630. The number of hydrogen-bond donors (Lipinski definition) is 1. The monoisotopic (exact) mass is 307 g/mol. The van der Waals surface area contributed by atoms with E-state index in [4.69, 9.17) is 0 Å². The van der Waals surface area contributed by atoms with Crippen LogP contribution < -0.4 is 5.32 Å². The molecule has 4 heteroatoms. The molecule has 0 aliphatic rings. The van der Waals surface area contributed by atoms with Crippen molar-refractivity contribution >= 4 is 15.9 Å². The molecule has 1 N–H and O–H groups in total. The predicted molar refractivity (Wildman–Crippen MR) is 77.5 cm³/mol. The van der Waals surface area contributed by atoms with E-state index in [1.54, 1.807) is 0 Å². The van der Waals surface area contributed by atoms with Crippen molar-refractivity contribution in [3.8, 4) is 0 Å². The summed E-state index contributed by atoms with van der Waals surface area (Å²) in [5.41, 5.74) is 2.51. The maximum atomic E-state index is 4.19. The minimum atomic E-state index is 0.864. The van der Waals surface area contributed by atoms with Crippen LogP contribution in [0.3, 0.4) is 0 Å². The Hall–Kier alpha value is -1.13. The second kappa shape index (κ2) is 6.71. The molecule has 2 aromatic rings. The van der Waals surface area contributed by atoms with E-state index in [9.17, 15) is 0 Å². The molecule has 0 fully saturated rings. The summed E-state index contributed by atoms with van der Waals surface area (Å²) in [5, 5.41) is 3.43. The minimum absolute atomic E-state index is 0.864.